The summed E-state index contributed by atoms with van der Waals surface area (Å²) in [5, 5.41) is 3.58. The smallest absolute Gasteiger partial charge is 0.0697 e. The molecule has 0 atom stereocenters. The number of nitrogens with one attached hydrogen (secondary N) is 1. The number of anilines is 1. The summed E-state index contributed by atoms with van der Waals surface area (Å²) >= 11 is 0. The predicted molar refractivity (Wildman–Crippen MR) is 178 cm³/mol. The average Bonchev–Trinajstić information content (AvgIpc) is 2.99. The fourth-order valence-electron chi connectivity index (χ4n) is 4.62. The van der Waals surface area contributed by atoms with Crippen LogP contribution < -0.4 is 11.1 Å². The summed E-state index contributed by atoms with van der Waals surface area (Å²) in [6, 6.07) is 21.7. The van der Waals surface area contributed by atoms with E-state index in [-0.39, 0.29) is 0 Å². The molecule has 1 aliphatic rings. The molecule has 0 saturated carbocycles. The number of hydrogen-bond acceptors (Lipinski definition) is 3. The lowest BCUT2D eigenvalue weighted by Crippen LogP contribution is -2.01. The highest BCUT2D eigenvalue weighted by Gasteiger charge is 2.15. The minimum atomic E-state index is 0.724. The summed E-state index contributed by atoms with van der Waals surface area (Å²) in [5.74, 6) is 0. The molecule has 0 saturated heterocycles. The molecule has 0 spiro atoms. The molecule has 1 aliphatic carbocycles. The van der Waals surface area contributed by atoms with E-state index in [2.05, 4.69) is 128 Å². The number of nitrogens with zero attached hydrogens (tertiary/aromatic N) is 1. The van der Waals surface area contributed by atoms with Gasteiger partial charge >= 0.3 is 0 Å². The number of aliphatic imine (C=N–C) groups is 1. The Balaban J connectivity index is 0.00000103. The van der Waals surface area contributed by atoms with E-state index in [1.165, 1.54) is 28.5 Å². The van der Waals surface area contributed by atoms with Crippen molar-refractivity contribution in [2.75, 3.05) is 11.9 Å². The first-order valence-corrected chi connectivity index (χ1v) is 13.7. The van der Waals surface area contributed by atoms with Crippen molar-refractivity contribution in [2.45, 2.75) is 33.6 Å². The Bertz CT molecular complexity index is 1460. The molecule has 0 amide bonds. The van der Waals surface area contributed by atoms with E-state index in [4.69, 9.17) is 5.73 Å². The van der Waals surface area contributed by atoms with Crippen LogP contribution in [0.25, 0.3) is 28.3 Å². The van der Waals surface area contributed by atoms with Crippen LogP contribution in [0, 0.1) is 13.8 Å². The van der Waals surface area contributed by atoms with Gasteiger partial charge in [0.15, 0.2) is 0 Å². The summed E-state index contributed by atoms with van der Waals surface area (Å²) in [7, 11) is 0. The molecule has 0 bridgehead atoms. The van der Waals surface area contributed by atoms with E-state index in [0.717, 1.165) is 53.0 Å². The Morgan fingerprint density at radius 2 is 1.68 bits per heavy atom. The lowest BCUT2D eigenvalue weighted by molar-refractivity contribution is 1.02. The number of aryl methyl sites for hydroxylation is 2. The first kappa shape index (κ1) is 29.9. The van der Waals surface area contributed by atoms with Crippen molar-refractivity contribution < 1.29 is 0 Å². The minimum Gasteiger partial charge on any atom is -0.405 e. The number of hydrogen-bond donors (Lipinski definition) is 2. The molecule has 3 aromatic carbocycles. The SMILES string of the molecule is C/C=C\N.C=C/C=C/CNc1ccccc1-c1cc(-c2ccccc2C)c(C)cc1/C=C(\N=C)C1=CCCC=C1. The maximum absolute atomic E-state index is 4.85. The molecule has 40 heavy (non-hydrogen) atoms. The van der Waals surface area contributed by atoms with Crippen LogP contribution in [-0.4, -0.2) is 13.3 Å². The topological polar surface area (TPSA) is 50.4 Å². The maximum Gasteiger partial charge on any atom is 0.0697 e. The number of rotatable bonds is 9. The van der Waals surface area contributed by atoms with Crippen LogP contribution in [0.4, 0.5) is 5.69 Å². The average molecular weight is 528 g/mol. The van der Waals surface area contributed by atoms with Crippen LogP contribution in [-0.2, 0) is 0 Å². The zero-order valence-electron chi connectivity index (χ0n) is 24.0. The Morgan fingerprint density at radius 3 is 2.33 bits per heavy atom. The molecule has 0 heterocycles. The van der Waals surface area contributed by atoms with Crippen LogP contribution in [0.1, 0.15) is 36.5 Å². The van der Waals surface area contributed by atoms with Crippen LogP contribution in [0.2, 0.25) is 0 Å². The molecular formula is C37H41N3. The highest BCUT2D eigenvalue weighted by molar-refractivity contribution is 5.89. The van der Waals surface area contributed by atoms with Gasteiger partial charge in [0.2, 0.25) is 0 Å². The molecule has 0 radical (unpaired) electrons. The first-order chi connectivity index (χ1) is 19.5. The second-order valence-corrected chi connectivity index (χ2v) is 9.51. The zero-order valence-corrected chi connectivity index (χ0v) is 24.0. The largest absolute Gasteiger partial charge is 0.405 e. The van der Waals surface area contributed by atoms with Crippen LogP contribution >= 0.6 is 0 Å². The summed E-state index contributed by atoms with van der Waals surface area (Å²) < 4.78 is 0. The molecule has 3 nitrogen and oxygen atoms in total. The van der Waals surface area contributed by atoms with Crippen molar-refractivity contribution in [3.63, 3.8) is 0 Å². The highest BCUT2D eigenvalue weighted by atomic mass is 14.9. The summed E-state index contributed by atoms with van der Waals surface area (Å²) in [5.41, 5.74) is 16.4. The maximum atomic E-state index is 4.85. The van der Waals surface area contributed by atoms with Gasteiger partial charge in [0, 0.05) is 17.8 Å². The lowest BCUT2D eigenvalue weighted by Gasteiger charge is -2.18. The second kappa shape index (κ2) is 15.7. The van der Waals surface area contributed by atoms with E-state index in [0.29, 0.717) is 0 Å². The third kappa shape index (κ3) is 7.94. The number of para-hydroxylation sites is 1. The zero-order chi connectivity index (χ0) is 28.7. The van der Waals surface area contributed by atoms with Gasteiger partial charge in [0.25, 0.3) is 0 Å². The molecule has 204 valence electrons. The fourth-order valence-corrected chi connectivity index (χ4v) is 4.62. The van der Waals surface area contributed by atoms with Crippen LogP contribution in [0.5, 0.6) is 0 Å². The van der Waals surface area contributed by atoms with Crippen molar-refractivity contribution >= 4 is 18.5 Å². The van der Waals surface area contributed by atoms with E-state index in [1.807, 2.05) is 13.0 Å². The van der Waals surface area contributed by atoms with E-state index >= 15 is 0 Å². The van der Waals surface area contributed by atoms with Crippen LogP contribution in [0.3, 0.4) is 0 Å². The number of allylic oxidation sites excluding steroid dienone is 6. The standard InChI is InChI=1S/C34H34N2.C3H7N/c1-5-6-14-21-36-33-20-13-12-19-30(33)32-24-31(29-18-11-10-15-25(29)2)26(3)22-28(32)23-34(35-4)27-16-8-7-9-17-27;1-2-3-4/h5-6,8,10-20,22-24,36H,1,4,7,9,21H2,2-3H3;2-3H,4H2,1H3/b14-6+,34-23-;3-2-. The quantitative estimate of drug-likeness (QED) is 0.215. The monoisotopic (exact) mass is 527 g/mol. The molecule has 3 heteroatoms. The van der Waals surface area contributed by atoms with E-state index < -0.39 is 0 Å². The molecule has 4 rings (SSSR count). The van der Waals surface area contributed by atoms with Gasteiger partial charge in [-0.2, -0.15) is 0 Å². The van der Waals surface area contributed by atoms with Gasteiger partial charge in [-0.1, -0.05) is 97.6 Å². The Morgan fingerprint density at radius 1 is 0.950 bits per heavy atom. The predicted octanol–water partition coefficient (Wildman–Crippen LogP) is 9.59. The summed E-state index contributed by atoms with van der Waals surface area (Å²) in [6.07, 6.45) is 20.0. The lowest BCUT2D eigenvalue weighted by atomic mass is 9.88. The highest BCUT2D eigenvalue weighted by Crippen LogP contribution is 2.38. The fraction of sp³-hybridized carbons (Fsp3) is 0.162. The van der Waals surface area contributed by atoms with Gasteiger partial charge in [0.05, 0.1) is 5.70 Å². The summed E-state index contributed by atoms with van der Waals surface area (Å²) in [4.78, 5) is 4.42. The van der Waals surface area contributed by atoms with Gasteiger partial charge < -0.3 is 11.1 Å². The summed E-state index contributed by atoms with van der Waals surface area (Å²) in [6.45, 7) is 14.6. The number of benzene rings is 3. The Labute approximate surface area is 240 Å². The van der Waals surface area contributed by atoms with Gasteiger partial charge in [0.1, 0.15) is 0 Å². The van der Waals surface area contributed by atoms with Crippen molar-refractivity contribution in [2.24, 2.45) is 10.7 Å². The third-order valence-corrected chi connectivity index (χ3v) is 6.68. The number of nitrogens with two attached hydrogens (primary N) is 1. The Hall–Kier alpha value is -4.63. The van der Waals surface area contributed by atoms with Gasteiger partial charge in [-0.3, -0.25) is 4.99 Å². The van der Waals surface area contributed by atoms with Gasteiger partial charge in [-0.15, -0.1) is 0 Å². The molecule has 3 aromatic rings. The molecule has 3 N–H and O–H groups in total. The Kier molecular flexibility index (Phi) is 11.7. The van der Waals surface area contributed by atoms with Crippen LogP contribution in [0.15, 0.2) is 132 Å². The molecule has 0 aliphatic heterocycles. The van der Waals surface area contributed by atoms with Crippen molar-refractivity contribution in [3.05, 3.63) is 144 Å². The molecule has 0 aromatic heterocycles. The van der Waals surface area contributed by atoms with E-state index in [9.17, 15) is 0 Å². The van der Waals surface area contributed by atoms with Gasteiger partial charge in [-0.25, -0.2) is 0 Å². The normalized spacial score (nSPS) is 13.1. The van der Waals surface area contributed by atoms with Crippen molar-refractivity contribution in [1.29, 1.82) is 0 Å². The molecular weight excluding hydrogens is 486 g/mol. The minimum absolute atomic E-state index is 0.724. The van der Waals surface area contributed by atoms with Crippen molar-refractivity contribution in [3.8, 4) is 22.3 Å². The van der Waals surface area contributed by atoms with E-state index in [1.54, 1.807) is 12.2 Å². The van der Waals surface area contributed by atoms with Gasteiger partial charge in [-0.05, 0) is 104 Å². The second-order valence-electron chi connectivity index (χ2n) is 9.51. The van der Waals surface area contributed by atoms with Crippen molar-refractivity contribution in [1.82, 2.24) is 0 Å². The third-order valence-electron chi connectivity index (χ3n) is 6.68. The first-order valence-electron chi connectivity index (χ1n) is 13.7. The molecule has 0 unspecified atom stereocenters. The molecule has 0 fully saturated rings.